The van der Waals surface area contributed by atoms with Gasteiger partial charge in [-0.2, -0.15) is 0 Å². The summed E-state index contributed by atoms with van der Waals surface area (Å²) in [6.45, 7) is 3.67. The second-order valence-electron chi connectivity index (χ2n) is 5.53. The van der Waals surface area contributed by atoms with Crippen molar-refractivity contribution in [2.24, 2.45) is 11.8 Å². The van der Waals surface area contributed by atoms with Crippen LogP contribution in [-0.4, -0.2) is 17.0 Å². The number of aliphatic carboxylic acids is 1. The highest BCUT2D eigenvalue weighted by Gasteiger charge is 2.49. The molecule has 1 aliphatic carbocycles. The Bertz CT molecular complexity index is 572. The lowest BCUT2D eigenvalue weighted by Crippen LogP contribution is -2.42. The van der Waals surface area contributed by atoms with Gasteiger partial charge in [-0.05, 0) is 38.0 Å². The minimum Gasteiger partial charge on any atom is -0.481 e. The molecule has 0 saturated heterocycles. The number of hydrogen-bond donors (Lipinski definition) is 2. The van der Waals surface area contributed by atoms with Gasteiger partial charge in [0.25, 0.3) is 0 Å². The fourth-order valence-corrected chi connectivity index (χ4v) is 2.41. The molecule has 4 nitrogen and oxygen atoms in total. The van der Waals surface area contributed by atoms with Gasteiger partial charge in [-0.15, -0.1) is 0 Å². The van der Waals surface area contributed by atoms with Gasteiger partial charge < -0.3 is 10.4 Å². The highest BCUT2D eigenvalue weighted by Crippen LogP contribution is 2.39. The summed E-state index contributed by atoms with van der Waals surface area (Å²) in [5.41, 5.74) is 0.171. The Morgan fingerprint density at radius 1 is 1.25 bits per heavy atom. The summed E-state index contributed by atoms with van der Waals surface area (Å²) >= 11 is 11.8. The van der Waals surface area contributed by atoms with Gasteiger partial charge in [0.2, 0.25) is 5.91 Å². The molecule has 0 aliphatic heterocycles. The van der Waals surface area contributed by atoms with E-state index in [0.29, 0.717) is 16.5 Å². The van der Waals surface area contributed by atoms with E-state index in [2.05, 4.69) is 5.32 Å². The first-order valence-electron chi connectivity index (χ1n) is 6.23. The molecule has 0 bridgehead atoms. The quantitative estimate of drug-likeness (QED) is 0.897. The van der Waals surface area contributed by atoms with E-state index in [4.69, 9.17) is 28.3 Å². The maximum Gasteiger partial charge on any atom is 0.307 e. The zero-order valence-corrected chi connectivity index (χ0v) is 12.6. The molecule has 1 fully saturated rings. The molecule has 1 amide bonds. The summed E-state index contributed by atoms with van der Waals surface area (Å²) in [5.74, 6) is -2.15. The van der Waals surface area contributed by atoms with Crippen molar-refractivity contribution in [3.05, 3.63) is 33.8 Å². The molecule has 1 aromatic rings. The second kappa shape index (κ2) is 5.26. The largest absolute Gasteiger partial charge is 0.481 e. The Labute approximate surface area is 127 Å². The van der Waals surface area contributed by atoms with Gasteiger partial charge in [0, 0.05) is 0 Å². The monoisotopic (exact) mass is 315 g/mol. The molecular formula is C14H15Cl2NO3. The molecule has 0 radical (unpaired) electrons. The molecule has 2 rings (SSSR count). The van der Waals surface area contributed by atoms with Crippen molar-refractivity contribution in [2.75, 3.05) is 0 Å². The third-order valence-electron chi connectivity index (χ3n) is 3.52. The Kier molecular flexibility index (Phi) is 3.98. The van der Waals surface area contributed by atoms with Crippen LogP contribution < -0.4 is 5.32 Å². The van der Waals surface area contributed by atoms with Crippen molar-refractivity contribution in [1.29, 1.82) is 0 Å². The van der Waals surface area contributed by atoms with Crippen LogP contribution in [0.25, 0.3) is 0 Å². The van der Waals surface area contributed by atoms with E-state index in [0.717, 1.165) is 5.56 Å². The van der Waals surface area contributed by atoms with Crippen LogP contribution in [0.2, 0.25) is 10.0 Å². The number of carbonyl (C=O) groups excluding carboxylic acids is 1. The molecule has 0 aromatic heterocycles. The summed E-state index contributed by atoms with van der Waals surface area (Å²) < 4.78 is 0. The molecule has 20 heavy (non-hydrogen) atoms. The highest BCUT2D eigenvalue weighted by molar-refractivity contribution is 6.42. The van der Waals surface area contributed by atoms with E-state index >= 15 is 0 Å². The third-order valence-corrected chi connectivity index (χ3v) is 4.26. The smallest absolute Gasteiger partial charge is 0.307 e. The lowest BCUT2D eigenvalue weighted by molar-refractivity contribution is -0.140. The minimum absolute atomic E-state index is 0.242. The standard InChI is InChI=1S/C14H15Cl2NO3/c1-14(2,7-3-4-10(15)11(16)5-7)17-12(18)8-6-9(8)13(19)20/h3-5,8-9H,6H2,1-2H3,(H,17,18)(H,19,20). The number of nitrogens with one attached hydrogen (secondary N) is 1. The predicted octanol–water partition coefficient (Wildman–Crippen LogP) is 3.07. The average Bonchev–Trinajstić information content (AvgIpc) is 3.12. The number of carbonyl (C=O) groups is 2. The van der Waals surface area contributed by atoms with Crippen LogP contribution in [0.3, 0.4) is 0 Å². The summed E-state index contributed by atoms with van der Waals surface area (Å²) in [4.78, 5) is 22.8. The summed E-state index contributed by atoms with van der Waals surface area (Å²) in [5, 5.41) is 12.6. The number of carboxylic acid groups (broad SMARTS) is 1. The molecule has 0 heterocycles. The van der Waals surface area contributed by atoms with E-state index in [1.54, 1.807) is 18.2 Å². The molecule has 2 N–H and O–H groups in total. The highest BCUT2D eigenvalue weighted by atomic mass is 35.5. The van der Waals surface area contributed by atoms with Crippen molar-refractivity contribution in [3.8, 4) is 0 Å². The fourth-order valence-electron chi connectivity index (χ4n) is 2.12. The lowest BCUT2D eigenvalue weighted by Gasteiger charge is -2.27. The summed E-state index contributed by atoms with van der Waals surface area (Å²) in [7, 11) is 0. The first-order valence-corrected chi connectivity index (χ1v) is 6.98. The molecule has 108 valence electrons. The van der Waals surface area contributed by atoms with E-state index in [1.807, 2.05) is 13.8 Å². The van der Waals surface area contributed by atoms with Gasteiger partial charge >= 0.3 is 5.97 Å². The van der Waals surface area contributed by atoms with Crippen molar-refractivity contribution in [3.63, 3.8) is 0 Å². The van der Waals surface area contributed by atoms with E-state index < -0.39 is 23.3 Å². The van der Waals surface area contributed by atoms with Gasteiger partial charge in [-0.25, -0.2) is 0 Å². The van der Waals surface area contributed by atoms with Crippen LogP contribution in [-0.2, 0) is 15.1 Å². The van der Waals surface area contributed by atoms with Crippen molar-refractivity contribution in [1.82, 2.24) is 5.32 Å². The Morgan fingerprint density at radius 2 is 1.90 bits per heavy atom. The maximum absolute atomic E-state index is 12.0. The zero-order chi connectivity index (χ0) is 15.1. The number of rotatable bonds is 4. The molecule has 1 saturated carbocycles. The van der Waals surface area contributed by atoms with Gasteiger partial charge in [0.05, 0.1) is 27.4 Å². The average molecular weight is 316 g/mol. The first kappa shape index (κ1) is 15.1. The Morgan fingerprint density at radius 3 is 2.40 bits per heavy atom. The molecule has 2 atom stereocenters. The van der Waals surface area contributed by atoms with Crippen LogP contribution in [0.4, 0.5) is 0 Å². The molecular weight excluding hydrogens is 301 g/mol. The van der Waals surface area contributed by atoms with Gasteiger partial charge in [0.15, 0.2) is 0 Å². The fraction of sp³-hybridized carbons (Fsp3) is 0.429. The van der Waals surface area contributed by atoms with Crippen LogP contribution in [0.5, 0.6) is 0 Å². The number of amides is 1. The minimum atomic E-state index is -0.919. The number of carboxylic acids is 1. The van der Waals surface area contributed by atoms with Crippen LogP contribution >= 0.6 is 23.2 Å². The molecule has 1 aliphatic rings. The molecule has 0 spiro atoms. The summed E-state index contributed by atoms with van der Waals surface area (Å²) in [6.07, 6.45) is 0.401. The zero-order valence-electron chi connectivity index (χ0n) is 11.1. The Balaban J connectivity index is 2.09. The van der Waals surface area contributed by atoms with Gasteiger partial charge in [-0.3, -0.25) is 9.59 Å². The first-order chi connectivity index (χ1) is 9.22. The third kappa shape index (κ3) is 3.07. The van der Waals surface area contributed by atoms with E-state index in [1.165, 1.54) is 0 Å². The van der Waals surface area contributed by atoms with Crippen LogP contribution in [0, 0.1) is 11.8 Å². The normalized spacial score (nSPS) is 21.4. The second-order valence-corrected chi connectivity index (χ2v) is 6.34. The molecule has 1 aromatic carbocycles. The predicted molar refractivity (Wildman–Crippen MR) is 76.9 cm³/mol. The molecule has 6 heteroatoms. The van der Waals surface area contributed by atoms with Crippen molar-refractivity contribution >= 4 is 35.1 Å². The lowest BCUT2D eigenvalue weighted by atomic mass is 9.94. The van der Waals surface area contributed by atoms with Crippen molar-refractivity contribution in [2.45, 2.75) is 25.8 Å². The molecule has 2 unspecified atom stereocenters. The topological polar surface area (TPSA) is 66.4 Å². The maximum atomic E-state index is 12.0. The van der Waals surface area contributed by atoms with Gasteiger partial charge in [-0.1, -0.05) is 29.3 Å². The number of halogens is 2. The van der Waals surface area contributed by atoms with Crippen LogP contribution in [0.1, 0.15) is 25.8 Å². The number of hydrogen-bond acceptors (Lipinski definition) is 2. The van der Waals surface area contributed by atoms with Crippen LogP contribution in [0.15, 0.2) is 18.2 Å². The van der Waals surface area contributed by atoms with Crippen molar-refractivity contribution < 1.29 is 14.7 Å². The number of benzene rings is 1. The van der Waals surface area contributed by atoms with E-state index in [-0.39, 0.29) is 5.91 Å². The SMILES string of the molecule is CC(C)(NC(=O)C1CC1C(=O)O)c1ccc(Cl)c(Cl)c1. The van der Waals surface area contributed by atoms with E-state index in [9.17, 15) is 9.59 Å². The van der Waals surface area contributed by atoms with Gasteiger partial charge in [0.1, 0.15) is 0 Å². The summed E-state index contributed by atoms with van der Waals surface area (Å²) in [6, 6.07) is 5.16. The Hall–Kier alpha value is -1.26.